The number of hydrogen-bond donors (Lipinski definition) is 0. The Kier molecular flexibility index (Phi) is 6.43. The first-order valence-corrected chi connectivity index (χ1v) is 45.4. The lowest BCUT2D eigenvalue weighted by molar-refractivity contribution is 0.273. The minimum Gasteiger partial charge on any atom is -0.478 e. The number of nitrogens with zero attached hydrogens (tertiary/aromatic N) is 6. The maximum atomic E-state index is 8.22. The van der Waals surface area contributed by atoms with Crippen LogP contribution in [0, 0.1) is 16.2 Å². The molecule has 25 aromatic rings. The Balaban J connectivity index is 0.785. The predicted octanol–water partition coefficient (Wildman–Crippen LogP) is 22.0. The van der Waals surface area contributed by atoms with Crippen molar-refractivity contribution in [1.82, 2.24) is 0 Å². The first kappa shape index (κ1) is 55.0. The van der Waals surface area contributed by atoms with Crippen molar-refractivity contribution >= 4 is 251 Å². The van der Waals surface area contributed by atoms with Crippen molar-refractivity contribution < 1.29 is 28.4 Å². The molecule has 21 aliphatic rings. The fraction of sp³-hybridized carbons (Fsp3) is 0.196. The molecule has 7 unspecified atom stereocenters. The highest BCUT2D eigenvalue weighted by Gasteiger charge is 3.06. The van der Waals surface area contributed by atoms with Crippen molar-refractivity contribution in [2.24, 2.45) is 46.2 Å². The van der Waals surface area contributed by atoms with Crippen molar-refractivity contribution in [1.29, 1.82) is 0 Å². The molecule has 0 saturated heterocycles. The van der Waals surface area contributed by atoms with Crippen LogP contribution in [0.4, 0.5) is 0 Å². The smallest absolute Gasteiger partial charge is 0.202 e. The lowest BCUT2D eigenvalue weighted by atomic mass is 9.66. The largest absolute Gasteiger partial charge is 0.478 e. The summed E-state index contributed by atoms with van der Waals surface area (Å²) in [5, 5.41) is 58.9. The average molecular weight is 1570 g/mol. The number of rotatable bonds is 11. The minimum absolute atomic E-state index is 0.108. The molecule has 6 aliphatic heterocycles. The zero-order valence-electron chi connectivity index (χ0n) is 65.3. The van der Waals surface area contributed by atoms with Gasteiger partial charge in [0.2, 0.25) is 35.4 Å². The van der Waals surface area contributed by atoms with E-state index in [1.807, 2.05) is 0 Å². The average Bonchev–Trinajstić information content (AvgIpc) is 1.33. The Morgan fingerprint density at radius 1 is 0.177 bits per heavy atom. The van der Waals surface area contributed by atoms with E-state index < -0.39 is 48.7 Å². The van der Waals surface area contributed by atoms with Gasteiger partial charge >= 0.3 is 0 Å². The molecule has 3 fully saturated rings. The number of ether oxygens (including phenoxy) is 6. The first-order valence-electron chi connectivity index (χ1n) is 45.4. The van der Waals surface area contributed by atoms with Gasteiger partial charge in [0.15, 0.2) is 16.2 Å². The van der Waals surface area contributed by atoms with Gasteiger partial charge < -0.3 is 28.4 Å². The molecule has 560 valence electrons. The van der Waals surface area contributed by atoms with Crippen LogP contribution in [-0.4, -0.2) is 81.1 Å². The molecule has 124 heavy (non-hydrogen) atoms. The van der Waals surface area contributed by atoms with Crippen molar-refractivity contribution in [3.63, 3.8) is 0 Å². The maximum Gasteiger partial charge on any atom is 0.202 e. The fourth-order valence-corrected chi connectivity index (χ4v) is 38.7. The van der Waals surface area contributed by atoms with Crippen LogP contribution >= 0.6 is 0 Å². The summed E-state index contributed by atoms with van der Waals surface area (Å²) in [4.78, 5) is 38.4. The van der Waals surface area contributed by atoms with Crippen LogP contribution in [0.15, 0.2) is 182 Å². The lowest BCUT2D eigenvalue weighted by Gasteiger charge is -2.34. The summed E-state index contributed by atoms with van der Waals surface area (Å²) >= 11 is 0. The van der Waals surface area contributed by atoms with E-state index >= 15 is 0 Å². The molecular weight excluding hydrogens is 1530 g/mol. The van der Waals surface area contributed by atoms with Crippen molar-refractivity contribution in [3.8, 4) is 11.1 Å². The van der Waals surface area contributed by atoms with Gasteiger partial charge in [-0.15, -0.1) is 0 Å². The third-order valence-electron chi connectivity index (χ3n) is 40.0. The summed E-state index contributed by atoms with van der Waals surface area (Å²) in [5.41, 5.74) is 17.8. The second-order valence-corrected chi connectivity index (χ2v) is 42.0. The molecule has 25 aromatic carbocycles. The molecule has 0 N–H and O–H groups in total. The predicted molar refractivity (Wildman–Crippen MR) is 482 cm³/mol. The Hall–Kier alpha value is -14.1. The number of benzene rings is 19. The second kappa shape index (κ2) is 14.5. The maximum absolute atomic E-state index is 8.22. The topological polar surface area (TPSA) is 130 Å². The molecule has 15 aliphatic carbocycles. The van der Waals surface area contributed by atoms with Gasteiger partial charge in [-0.25, -0.2) is 30.0 Å². The van der Waals surface area contributed by atoms with Crippen LogP contribution in [0.3, 0.4) is 0 Å². The SMILES string of the molecule is C[C@H]1COC(C2(C3=N[C@@H](c4ccccc4)CO3)C34c5c6c7c8c9c%10c%11c%12c%13c%14c%15c%16c%17c%18c%19c%20c%21c(c%12c9c9c8c5c5c3c3c8c%12c%22c%23c(c-6c6c%24c%25c(c%11c%14c%11c%25c(c%24%23)c%14c%22c(c8c%18c3c%20c5c%219)c%17c%14c%15%11)C%103C(C5=N[C@@H](c8ccccc8)CO5)(C5=N[C@@H](c8ccccc8)CO5)C763)C%1224)C%132C(C3=N[C@@H](c4ccccc4)CO3)(C3=N[C@@H](c4ccccc4)CO3)C%19%162)=N1. The van der Waals surface area contributed by atoms with Gasteiger partial charge in [0.1, 0.15) is 69.9 Å². The third kappa shape index (κ3) is 3.63. The van der Waals surface area contributed by atoms with Gasteiger partial charge in [0, 0.05) is 0 Å². The van der Waals surface area contributed by atoms with Crippen LogP contribution < -0.4 is 0 Å². The monoisotopic (exact) mass is 1570 g/mol. The van der Waals surface area contributed by atoms with E-state index in [0.29, 0.717) is 39.6 Å². The van der Waals surface area contributed by atoms with Crippen LogP contribution in [0.2, 0.25) is 0 Å². The number of aliphatic imine (C=N–C) groups is 6. The van der Waals surface area contributed by atoms with E-state index in [-0.39, 0.29) is 36.3 Å². The molecule has 12 heteroatoms. The highest BCUT2D eigenvalue weighted by Crippen LogP contribution is 3.05. The molecule has 0 bridgehead atoms. The van der Waals surface area contributed by atoms with E-state index in [1.54, 1.807) is 0 Å². The highest BCUT2D eigenvalue weighted by molar-refractivity contribution is 6.74. The Morgan fingerprint density at radius 3 is 0.532 bits per heavy atom. The summed E-state index contributed by atoms with van der Waals surface area (Å²) < 4.78 is 48.8. The Labute approximate surface area is 693 Å². The summed E-state index contributed by atoms with van der Waals surface area (Å²) in [6.45, 7) is 4.83. The van der Waals surface area contributed by atoms with E-state index in [0.717, 1.165) is 57.6 Å². The first-order chi connectivity index (χ1) is 61.6. The van der Waals surface area contributed by atoms with Gasteiger partial charge in [-0.1, -0.05) is 152 Å². The molecular formula is C112H46N6O6. The van der Waals surface area contributed by atoms with Gasteiger partial charge in [-0.3, -0.25) is 0 Å². The standard InChI is InChI=1S/C112H46N6O6/c1-33-27-119-98(113-33)110(99-114-39(28-120-99)34-17-7-2-8-18-34)107-88-66-50-44-45-51-47(50)54-56-58-59-57-55-49-62-75-79-63(49)78-73(57)89(72(58)68(54)88)108(107,110)95(78)85-84-94(107)76(66)60-46(44)53-48-52(45)65-74-61(48)80-82(93(75)106-90(80)67(53)77(60)96(84)109(106,97(79)85)112(106,102-117-42(31-123-102)37-23-13-5-14-24-37)103-118-43(32-124-103)38-25-15-6-16-26-38)83-81(62)91-69(55)71(59)87-70(56)64(51)86(65)104(87)105(91,92(74)83)111(104,100-115-40(29-121-100)35-19-9-3-10-20-35)101-116-41(30-122-101)36-21-11-4-12-22-36/h2-26,33,39-43H,27-32H2,1H3/t33-,39+,40+,41+,42+,43+,104?,105?,106?,107?,108?,109?,110?/m0/s1. The summed E-state index contributed by atoms with van der Waals surface area (Å²) in [5.74, 6) is 4.78. The molecule has 13 atom stereocenters. The van der Waals surface area contributed by atoms with Gasteiger partial charge in [0.25, 0.3) is 0 Å². The van der Waals surface area contributed by atoms with Crippen molar-refractivity contribution in [3.05, 3.63) is 246 Å². The van der Waals surface area contributed by atoms with Crippen LogP contribution in [0.1, 0.15) is 132 Å². The molecule has 6 spiro atoms. The van der Waals surface area contributed by atoms with Crippen LogP contribution in [0.25, 0.3) is 227 Å². The quantitative estimate of drug-likeness (QED) is 0.119. The Bertz CT molecular complexity index is 10400. The molecule has 0 aromatic heterocycles. The zero-order valence-corrected chi connectivity index (χ0v) is 65.3. The van der Waals surface area contributed by atoms with E-state index in [1.165, 1.54) is 299 Å². The zero-order chi connectivity index (χ0) is 76.9. The molecule has 0 amide bonds. The lowest BCUT2D eigenvalue weighted by Crippen LogP contribution is -2.37. The van der Waals surface area contributed by atoms with Crippen LogP contribution in [0.5, 0.6) is 0 Å². The van der Waals surface area contributed by atoms with Gasteiger partial charge in [-0.05, 0) is 328 Å². The third-order valence-corrected chi connectivity index (χ3v) is 40.0. The molecule has 3 saturated carbocycles. The van der Waals surface area contributed by atoms with Crippen molar-refractivity contribution in [2.75, 3.05) is 39.6 Å². The fourth-order valence-electron chi connectivity index (χ4n) is 38.7. The minimum atomic E-state index is -1.17. The van der Waals surface area contributed by atoms with Gasteiger partial charge in [0.05, 0.1) is 38.5 Å². The summed E-state index contributed by atoms with van der Waals surface area (Å²) in [7, 11) is 0. The van der Waals surface area contributed by atoms with E-state index in [9.17, 15) is 0 Å². The van der Waals surface area contributed by atoms with Crippen LogP contribution in [-0.2, 0) is 60.9 Å². The summed E-state index contributed by atoms with van der Waals surface area (Å²) in [6, 6.07) is 54.0. The normalized spacial score (nSPS) is 32.3. The molecule has 0 radical (unpaired) electrons. The molecule has 6 heterocycles. The Morgan fingerprint density at radius 2 is 0.331 bits per heavy atom. The highest BCUT2D eigenvalue weighted by atomic mass is 16.5. The van der Waals surface area contributed by atoms with E-state index in [4.69, 9.17) is 58.4 Å². The second-order valence-electron chi connectivity index (χ2n) is 42.0. The van der Waals surface area contributed by atoms with Gasteiger partial charge in [-0.2, -0.15) is 0 Å². The molecule has 12 nitrogen and oxygen atoms in total. The van der Waals surface area contributed by atoms with Crippen molar-refractivity contribution in [2.45, 2.75) is 75.7 Å². The van der Waals surface area contributed by atoms with E-state index in [2.05, 4.69) is 159 Å². The summed E-state index contributed by atoms with van der Waals surface area (Å²) in [6.07, 6.45) is 0. The molecule has 46 rings (SSSR count). The number of hydrogen-bond acceptors (Lipinski definition) is 12.